The van der Waals surface area contributed by atoms with E-state index in [2.05, 4.69) is 27.7 Å². The lowest BCUT2D eigenvalue weighted by molar-refractivity contribution is 0.101. The number of nitrogens with one attached hydrogen (secondary N) is 2. The topological polar surface area (TPSA) is 121 Å². The van der Waals surface area contributed by atoms with Gasteiger partial charge in [0.05, 0.1) is 25.0 Å². The molecule has 1 aliphatic heterocycles. The Morgan fingerprint density at radius 3 is 2.69 bits per heavy atom. The van der Waals surface area contributed by atoms with Crippen LogP contribution in [0.15, 0.2) is 42.5 Å². The predicted molar refractivity (Wildman–Crippen MR) is 194 cm³/mol. The Morgan fingerprint density at radius 1 is 1.18 bits per heavy atom. The number of halogens is 2. The Hall–Kier alpha value is -4.00. The monoisotopic (exact) mass is 717 g/mol. The van der Waals surface area contributed by atoms with Gasteiger partial charge in [0.1, 0.15) is 22.6 Å². The van der Waals surface area contributed by atoms with E-state index in [-0.39, 0.29) is 47.5 Å². The van der Waals surface area contributed by atoms with Crippen LogP contribution in [0.4, 0.5) is 10.1 Å². The van der Waals surface area contributed by atoms with Crippen LogP contribution < -0.4 is 20.1 Å². The first-order valence-electron chi connectivity index (χ1n) is 17.6. The quantitative estimate of drug-likeness (QED) is 0.144. The van der Waals surface area contributed by atoms with Crippen molar-refractivity contribution in [3.63, 3.8) is 0 Å². The summed E-state index contributed by atoms with van der Waals surface area (Å²) >= 11 is 6.54. The highest BCUT2D eigenvalue weighted by Gasteiger charge is 2.40. The van der Waals surface area contributed by atoms with Gasteiger partial charge in [-0.15, -0.1) is 0 Å². The number of methoxy groups -OCH3 is 1. The van der Waals surface area contributed by atoms with E-state index in [9.17, 15) is 15.0 Å². The fraction of sp³-hybridized carbons (Fsp3) is 0.436. The Balaban J connectivity index is 1.10. The molecule has 51 heavy (non-hydrogen) atoms. The number of imidazole rings is 1. The molecule has 2 atom stereocenters. The van der Waals surface area contributed by atoms with E-state index >= 15 is 4.39 Å². The molecule has 0 spiro atoms. The number of nitrogens with zero attached hydrogens (tertiary/aromatic N) is 3. The van der Waals surface area contributed by atoms with Crippen molar-refractivity contribution in [2.45, 2.75) is 76.8 Å². The van der Waals surface area contributed by atoms with Crippen molar-refractivity contribution < 1.29 is 28.9 Å². The van der Waals surface area contributed by atoms with Gasteiger partial charge in [-0.05, 0) is 73.4 Å². The molecule has 1 amide bonds. The third-order valence-electron chi connectivity index (χ3n) is 10.8. The minimum atomic E-state index is -0.706. The van der Waals surface area contributed by atoms with Gasteiger partial charge < -0.3 is 34.9 Å². The fourth-order valence-corrected chi connectivity index (χ4v) is 7.63. The van der Waals surface area contributed by atoms with E-state index in [1.807, 2.05) is 49.7 Å². The van der Waals surface area contributed by atoms with Gasteiger partial charge in [0, 0.05) is 68.7 Å². The molecular weight excluding hydrogens is 673 g/mol. The Kier molecular flexibility index (Phi) is 9.86. The largest absolute Gasteiger partial charge is 0.496 e. The zero-order chi connectivity index (χ0) is 36.0. The summed E-state index contributed by atoms with van der Waals surface area (Å²) < 4.78 is 29.4. The minimum Gasteiger partial charge on any atom is -0.496 e. The third kappa shape index (κ3) is 6.85. The molecule has 1 aromatic heterocycles. The summed E-state index contributed by atoms with van der Waals surface area (Å²) in [6, 6.07) is 13.7. The number of aliphatic hydroxyl groups is 2. The first-order valence-corrected chi connectivity index (χ1v) is 18.0. The second-order valence-corrected chi connectivity index (χ2v) is 14.5. The second kappa shape index (κ2) is 14.2. The van der Waals surface area contributed by atoms with Crippen LogP contribution in [0.2, 0.25) is 5.02 Å². The number of aliphatic hydroxyl groups excluding tert-OH is 1. The minimum absolute atomic E-state index is 0.0285. The molecule has 2 unspecified atom stereocenters. The van der Waals surface area contributed by atoms with E-state index in [1.54, 1.807) is 6.07 Å². The molecule has 0 bridgehead atoms. The van der Waals surface area contributed by atoms with Gasteiger partial charge in [-0.3, -0.25) is 9.69 Å². The van der Waals surface area contributed by atoms with Crippen LogP contribution in [0.3, 0.4) is 0 Å². The van der Waals surface area contributed by atoms with Crippen LogP contribution >= 0.6 is 11.6 Å². The van der Waals surface area contributed by atoms with E-state index in [4.69, 9.17) is 26.1 Å². The molecule has 1 saturated carbocycles. The summed E-state index contributed by atoms with van der Waals surface area (Å²) in [7, 11) is 3.36. The van der Waals surface area contributed by atoms with E-state index in [1.165, 1.54) is 7.11 Å². The molecule has 10 nitrogen and oxygen atoms in total. The molecule has 1 fully saturated rings. The highest BCUT2D eigenvalue weighted by atomic mass is 35.5. The lowest BCUT2D eigenvalue weighted by Gasteiger charge is -2.30. The number of hydrogen-bond donors (Lipinski definition) is 4. The number of carbonyl (C=O) groups excluding carboxylic acids is 1. The van der Waals surface area contributed by atoms with Gasteiger partial charge in [0.2, 0.25) is 0 Å². The molecule has 3 aliphatic rings. The van der Waals surface area contributed by atoms with Crippen molar-refractivity contribution in [1.29, 1.82) is 0 Å². The number of ether oxygens (including phenoxy) is 2. The van der Waals surface area contributed by atoms with Crippen molar-refractivity contribution in [2.24, 2.45) is 7.05 Å². The summed E-state index contributed by atoms with van der Waals surface area (Å²) in [5.41, 5.74) is 7.31. The Bertz CT molecular complexity index is 1980. The van der Waals surface area contributed by atoms with E-state index in [0.717, 1.165) is 71.4 Å². The molecule has 2 heterocycles. The highest BCUT2D eigenvalue weighted by Crippen LogP contribution is 2.45. The maximum absolute atomic E-state index is 15.6. The lowest BCUT2D eigenvalue weighted by Crippen LogP contribution is -2.39. The standard InChI is InChI=1S/C39H45ClFN5O5/c1-22(20-47)46-16-13-31-30(19-46)43-37(45(31)3)38(48)44-29-10-6-7-24(23(29)2)25-8-5-9-27-26(25)11-12-32(27)51-34-17-33(50-4)28(36(41)35(34)40)18-42-21-39(49)14-15-39/h5-10,17,22,32,42,47,49H,11-16,18-21H2,1-4H3,(H,44,48). The maximum atomic E-state index is 15.6. The first-order chi connectivity index (χ1) is 24.5. The molecule has 0 radical (unpaired) electrons. The van der Waals surface area contributed by atoms with Crippen molar-refractivity contribution in [3.05, 3.63) is 92.8 Å². The van der Waals surface area contributed by atoms with Gasteiger partial charge >= 0.3 is 0 Å². The smallest absolute Gasteiger partial charge is 0.291 e. The van der Waals surface area contributed by atoms with E-state index < -0.39 is 11.4 Å². The van der Waals surface area contributed by atoms with Crippen molar-refractivity contribution in [1.82, 2.24) is 19.8 Å². The summed E-state index contributed by atoms with van der Waals surface area (Å²) in [6.45, 7) is 6.01. The number of carbonyl (C=O) groups is 1. The number of fused-ring (bicyclic) bond motifs is 2. The summed E-state index contributed by atoms with van der Waals surface area (Å²) in [4.78, 5) is 20.5. The summed E-state index contributed by atoms with van der Waals surface area (Å²) in [5, 5.41) is 25.9. The Labute approximate surface area is 302 Å². The average molecular weight is 718 g/mol. The zero-order valence-electron chi connectivity index (χ0n) is 29.5. The molecule has 270 valence electrons. The van der Waals surface area contributed by atoms with Crippen molar-refractivity contribution in [3.8, 4) is 22.6 Å². The molecule has 4 aromatic rings. The first kappa shape index (κ1) is 35.4. The SMILES string of the molecule is COc1cc(OC2CCc3c(-c4cccc(NC(=O)c5nc6c(n5C)CCN(C(C)CO)C6)c4C)cccc32)c(Cl)c(F)c1CNCC1(O)CC1. The van der Waals surface area contributed by atoms with Crippen LogP contribution in [-0.2, 0) is 33.0 Å². The van der Waals surface area contributed by atoms with Gasteiger partial charge in [-0.1, -0.05) is 41.9 Å². The third-order valence-corrected chi connectivity index (χ3v) is 11.1. The zero-order valence-corrected chi connectivity index (χ0v) is 30.2. The molecule has 12 heteroatoms. The Morgan fingerprint density at radius 2 is 1.94 bits per heavy atom. The predicted octanol–water partition coefficient (Wildman–Crippen LogP) is 5.87. The van der Waals surface area contributed by atoms with Crippen LogP contribution in [-0.4, -0.2) is 69.0 Å². The van der Waals surface area contributed by atoms with Crippen LogP contribution in [0, 0.1) is 12.7 Å². The summed E-state index contributed by atoms with van der Waals surface area (Å²) in [5.74, 6) is 0.0182. The molecule has 3 aromatic carbocycles. The number of benzene rings is 3. The van der Waals surface area contributed by atoms with Gasteiger partial charge in [0.15, 0.2) is 11.6 Å². The van der Waals surface area contributed by atoms with Gasteiger partial charge in [-0.2, -0.15) is 0 Å². The second-order valence-electron chi connectivity index (χ2n) is 14.1. The molecule has 7 rings (SSSR count). The number of amides is 1. The fourth-order valence-electron chi connectivity index (χ4n) is 7.42. The number of anilines is 1. The van der Waals surface area contributed by atoms with Gasteiger partial charge in [0.25, 0.3) is 5.91 Å². The average Bonchev–Trinajstić information content (AvgIpc) is 3.58. The lowest BCUT2D eigenvalue weighted by atomic mass is 9.93. The van der Waals surface area contributed by atoms with Crippen LogP contribution in [0.5, 0.6) is 11.5 Å². The molecule has 2 aliphatic carbocycles. The molecule has 4 N–H and O–H groups in total. The molecular formula is C39H45ClFN5O5. The number of rotatable bonds is 12. The molecule has 0 saturated heterocycles. The number of aromatic nitrogens is 2. The normalized spacial score (nSPS) is 18.2. The van der Waals surface area contributed by atoms with E-state index in [0.29, 0.717) is 36.8 Å². The summed E-state index contributed by atoms with van der Waals surface area (Å²) in [6.07, 6.45) is 3.32. The van der Waals surface area contributed by atoms with Crippen molar-refractivity contribution in [2.75, 3.05) is 32.1 Å². The maximum Gasteiger partial charge on any atom is 0.291 e. The van der Waals surface area contributed by atoms with Crippen LogP contribution in [0.1, 0.15) is 76.6 Å². The van der Waals surface area contributed by atoms with Crippen LogP contribution in [0.25, 0.3) is 11.1 Å². The number of hydrogen-bond acceptors (Lipinski definition) is 8. The van der Waals surface area contributed by atoms with Crippen molar-refractivity contribution >= 4 is 23.2 Å². The van der Waals surface area contributed by atoms with Gasteiger partial charge in [-0.25, -0.2) is 9.37 Å². The highest BCUT2D eigenvalue weighted by molar-refractivity contribution is 6.32.